The molecule has 0 unspecified atom stereocenters. The number of hydrogen-bond donors (Lipinski definition) is 0. The predicted molar refractivity (Wildman–Crippen MR) is 122 cm³/mol. The van der Waals surface area contributed by atoms with Crippen molar-refractivity contribution in [3.63, 3.8) is 0 Å². The molecular formula is C27H15N3O4. The molecule has 0 spiro atoms. The van der Waals surface area contributed by atoms with Crippen LogP contribution < -0.4 is 0 Å². The Balaban J connectivity index is 1.87. The van der Waals surface area contributed by atoms with Crippen LogP contribution in [0.5, 0.6) is 0 Å². The molecule has 7 nitrogen and oxygen atoms in total. The van der Waals surface area contributed by atoms with Gasteiger partial charge in [0.05, 0.1) is 30.0 Å². The van der Waals surface area contributed by atoms with Crippen LogP contribution in [0.4, 0.5) is 0 Å². The number of carbonyl (C=O) groups excluding carboxylic acids is 3. The molecule has 1 aliphatic heterocycles. The van der Waals surface area contributed by atoms with E-state index in [4.69, 9.17) is 4.74 Å². The Hall–Kier alpha value is -4.96. The number of benzene rings is 2. The highest BCUT2D eigenvalue weighted by atomic mass is 16.5. The molecule has 0 radical (unpaired) electrons. The van der Waals surface area contributed by atoms with Crippen LogP contribution in [-0.4, -0.2) is 34.6 Å². The monoisotopic (exact) mass is 445 g/mol. The fourth-order valence-electron chi connectivity index (χ4n) is 3.86. The number of fused-ring (bicyclic) bond motifs is 10. The topological polar surface area (TPSA) is 110 Å². The maximum Gasteiger partial charge on any atom is 0.337 e. The van der Waals surface area contributed by atoms with Gasteiger partial charge in [-0.1, -0.05) is 12.1 Å². The fourth-order valence-corrected chi connectivity index (χ4v) is 3.86. The van der Waals surface area contributed by atoms with Crippen molar-refractivity contribution in [2.75, 3.05) is 7.11 Å². The molecule has 0 aliphatic carbocycles. The molecule has 0 saturated heterocycles. The molecule has 5 rings (SSSR count). The van der Waals surface area contributed by atoms with Crippen LogP contribution in [0.2, 0.25) is 0 Å². The second-order valence-corrected chi connectivity index (χ2v) is 7.68. The summed E-state index contributed by atoms with van der Waals surface area (Å²) < 4.78 is 4.91. The van der Waals surface area contributed by atoms with Gasteiger partial charge in [-0.2, -0.15) is 5.26 Å². The van der Waals surface area contributed by atoms with Gasteiger partial charge in [-0.15, -0.1) is 0 Å². The number of pyridine rings is 2. The number of ether oxygens (including phenoxy) is 1. The van der Waals surface area contributed by atoms with Gasteiger partial charge in [0.25, 0.3) is 0 Å². The van der Waals surface area contributed by atoms with Gasteiger partial charge >= 0.3 is 5.97 Å². The third-order valence-corrected chi connectivity index (χ3v) is 5.50. The molecule has 0 fully saturated rings. The van der Waals surface area contributed by atoms with Gasteiger partial charge in [0.2, 0.25) is 11.6 Å². The van der Waals surface area contributed by atoms with E-state index in [1.54, 1.807) is 54.6 Å². The van der Waals surface area contributed by atoms with Crippen molar-refractivity contribution in [1.82, 2.24) is 9.97 Å². The zero-order valence-electron chi connectivity index (χ0n) is 17.9. The van der Waals surface area contributed by atoms with Crippen molar-refractivity contribution in [3.05, 3.63) is 107 Å². The van der Waals surface area contributed by atoms with Crippen LogP contribution in [0.1, 0.15) is 48.2 Å². The van der Waals surface area contributed by atoms with Crippen molar-refractivity contribution in [2.45, 2.75) is 0 Å². The number of nitriles is 1. The molecule has 0 N–H and O–H groups in total. The first kappa shape index (κ1) is 20.9. The lowest BCUT2D eigenvalue weighted by molar-refractivity contribution is 0.0600. The van der Waals surface area contributed by atoms with Crippen molar-refractivity contribution in [1.29, 1.82) is 5.26 Å². The highest BCUT2D eigenvalue weighted by Crippen LogP contribution is 2.30. The number of rotatable bonds is 1. The summed E-state index contributed by atoms with van der Waals surface area (Å²) in [6.45, 7) is 0. The summed E-state index contributed by atoms with van der Waals surface area (Å²) in [5, 5.41) is 9.58. The summed E-state index contributed by atoms with van der Waals surface area (Å²) in [5.41, 5.74) is 3.27. The average molecular weight is 445 g/mol. The van der Waals surface area contributed by atoms with Crippen molar-refractivity contribution >= 4 is 17.5 Å². The number of esters is 1. The van der Waals surface area contributed by atoms with E-state index in [1.807, 2.05) is 0 Å². The van der Waals surface area contributed by atoms with E-state index < -0.39 is 17.5 Å². The highest BCUT2D eigenvalue weighted by Gasteiger charge is 2.20. The Morgan fingerprint density at radius 2 is 1.26 bits per heavy atom. The van der Waals surface area contributed by atoms with Crippen molar-refractivity contribution in [2.24, 2.45) is 0 Å². The minimum Gasteiger partial charge on any atom is -0.465 e. The van der Waals surface area contributed by atoms with Crippen molar-refractivity contribution in [3.8, 4) is 28.5 Å². The van der Waals surface area contributed by atoms with E-state index in [2.05, 4.69) is 16.0 Å². The molecule has 7 heteroatoms. The maximum atomic E-state index is 13.3. The number of ketones is 2. The van der Waals surface area contributed by atoms with E-state index in [1.165, 1.54) is 25.3 Å². The number of methoxy groups -OCH3 is 1. The lowest BCUT2D eigenvalue weighted by Crippen LogP contribution is -2.12. The van der Waals surface area contributed by atoms with E-state index in [0.717, 1.165) is 0 Å². The summed E-state index contributed by atoms with van der Waals surface area (Å²) in [6, 6.07) is 21.5. The molecule has 2 aromatic heterocycles. The Morgan fingerprint density at radius 1 is 0.735 bits per heavy atom. The van der Waals surface area contributed by atoms with Crippen LogP contribution in [0.15, 0.2) is 72.8 Å². The normalized spacial score (nSPS) is 11.9. The van der Waals surface area contributed by atoms with Crippen LogP contribution in [-0.2, 0) is 4.74 Å². The maximum absolute atomic E-state index is 13.3. The second-order valence-electron chi connectivity index (χ2n) is 7.68. The Morgan fingerprint density at radius 3 is 1.94 bits per heavy atom. The molecule has 0 saturated carbocycles. The molecule has 3 heterocycles. The predicted octanol–water partition coefficient (Wildman–Crippen LogP) is 4.24. The minimum absolute atomic E-state index is 0.0732. The summed E-state index contributed by atoms with van der Waals surface area (Å²) in [7, 11) is 1.28. The van der Waals surface area contributed by atoms with Gasteiger partial charge in [-0.3, -0.25) is 9.59 Å². The first-order valence-electron chi connectivity index (χ1n) is 10.3. The largest absolute Gasteiger partial charge is 0.465 e. The van der Waals surface area contributed by atoms with E-state index >= 15 is 0 Å². The molecule has 162 valence electrons. The van der Waals surface area contributed by atoms with Crippen molar-refractivity contribution < 1.29 is 19.1 Å². The van der Waals surface area contributed by atoms with Gasteiger partial charge < -0.3 is 4.74 Å². The molecule has 34 heavy (non-hydrogen) atoms. The van der Waals surface area contributed by atoms with E-state index in [0.29, 0.717) is 22.4 Å². The molecule has 0 atom stereocenters. The van der Waals surface area contributed by atoms with Gasteiger partial charge in [-0.05, 0) is 71.8 Å². The summed E-state index contributed by atoms with van der Waals surface area (Å²) in [5.74, 6) is -1.43. The molecule has 0 amide bonds. The van der Waals surface area contributed by atoms with Crippen LogP contribution in [0.3, 0.4) is 0 Å². The zero-order chi connectivity index (χ0) is 23.8. The molecule has 8 bridgehead atoms. The summed E-state index contributed by atoms with van der Waals surface area (Å²) in [4.78, 5) is 47.6. The molecule has 2 aromatic carbocycles. The molecule has 4 aromatic rings. The smallest absolute Gasteiger partial charge is 0.337 e. The van der Waals surface area contributed by atoms with Crippen LogP contribution in [0, 0.1) is 11.3 Å². The van der Waals surface area contributed by atoms with Crippen LogP contribution >= 0.6 is 0 Å². The Kier molecular flexibility index (Phi) is 5.04. The molecule has 1 aliphatic rings. The van der Waals surface area contributed by atoms with Crippen LogP contribution in [0.25, 0.3) is 22.4 Å². The number of carbonyl (C=O) groups is 3. The fraction of sp³-hybridized carbons (Fsp3) is 0.0370. The third-order valence-electron chi connectivity index (χ3n) is 5.50. The average Bonchev–Trinajstić information content (AvgIpc) is 2.90. The lowest BCUT2D eigenvalue weighted by Gasteiger charge is -2.12. The Bertz CT molecular complexity index is 1570. The minimum atomic E-state index is -0.552. The number of hydrogen-bond acceptors (Lipinski definition) is 7. The number of aromatic nitrogens is 2. The summed E-state index contributed by atoms with van der Waals surface area (Å²) >= 11 is 0. The highest BCUT2D eigenvalue weighted by molar-refractivity contribution is 6.11. The SMILES string of the molecule is COC(=O)c1cc2cc(c1)-c1cccc(n1)C(=O)c1cccc(n1)C(=O)c1cc(C#N)cc-2c1. The Labute approximate surface area is 194 Å². The molecular weight excluding hydrogens is 430 g/mol. The van der Waals surface area contributed by atoms with Gasteiger partial charge in [-0.25, -0.2) is 14.8 Å². The van der Waals surface area contributed by atoms with Gasteiger partial charge in [0.15, 0.2) is 0 Å². The first-order chi connectivity index (χ1) is 16.5. The number of nitrogens with zero attached hydrogens (tertiary/aromatic N) is 3. The standard InChI is InChI=1S/C27H15N3O4/c1-34-27(33)20-12-17-10-18(13-20)21-4-2-6-23(29-21)26(32)24-7-3-5-22(30-24)25(31)19-9-15(14-28)8-16(17)11-19/h2-13H,1H3. The van der Waals surface area contributed by atoms with E-state index in [9.17, 15) is 19.6 Å². The summed E-state index contributed by atoms with van der Waals surface area (Å²) in [6.07, 6.45) is 0. The third kappa shape index (κ3) is 3.63. The zero-order valence-corrected chi connectivity index (χ0v) is 17.9. The lowest BCUT2D eigenvalue weighted by atomic mass is 9.93. The first-order valence-corrected chi connectivity index (χ1v) is 10.3. The van der Waals surface area contributed by atoms with E-state index in [-0.39, 0.29) is 33.8 Å². The van der Waals surface area contributed by atoms with Gasteiger partial charge in [0, 0.05) is 11.1 Å². The second kappa shape index (κ2) is 8.19. The van der Waals surface area contributed by atoms with Gasteiger partial charge in [0.1, 0.15) is 17.1 Å². The quantitative estimate of drug-likeness (QED) is 0.355.